The Kier molecular flexibility index (Phi) is 5.16. The van der Waals surface area contributed by atoms with E-state index in [0.29, 0.717) is 11.1 Å². The smallest absolute Gasteiger partial charge is 0.313 e. The van der Waals surface area contributed by atoms with Gasteiger partial charge in [0.15, 0.2) is 11.5 Å². The molecular formula is C24H14F3N5O3. The molecule has 0 bridgehead atoms. The van der Waals surface area contributed by atoms with E-state index in [2.05, 4.69) is 19.9 Å². The van der Waals surface area contributed by atoms with Gasteiger partial charge >= 0.3 is 5.69 Å². The minimum absolute atomic E-state index is 0.163. The van der Waals surface area contributed by atoms with Crippen LogP contribution in [0.5, 0.6) is 0 Å². The fourth-order valence-electron chi connectivity index (χ4n) is 3.83. The highest BCUT2D eigenvalue weighted by atomic mass is 19.1. The third-order valence-electron chi connectivity index (χ3n) is 5.42. The predicted octanol–water partition coefficient (Wildman–Crippen LogP) is 3.22. The van der Waals surface area contributed by atoms with Crippen LogP contribution >= 0.6 is 0 Å². The van der Waals surface area contributed by atoms with E-state index in [-0.39, 0.29) is 28.1 Å². The van der Waals surface area contributed by atoms with E-state index in [1.807, 2.05) is 0 Å². The summed E-state index contributed by atoms with van der Waals surface area (Å²) in [5.74, 6) is -2.75. The van der Waals surface area contributed by atoms with Gasteiger partial charge in [0.05, 0.1) is 5.69 Å². The first kappa shape index (κ1) is 22.0. The lowest BCUT2D eigenvalue weighted by atomic mass is 10.0. The molecule has 11 heteroatoms. The maximum atomic E-state index is 14.7. The first-order valence-electron chi connectivity index (χ1n) is 10.2. The Morgan fingerprint density at radius 2 is 1.63 bits per heavy atom. The zero-order valence-corrected chi connectivity index (χ0v) is 17.9. The van der Waals surface area contributed by atoms with Crippen molar-refractivity contribution in [3.05, 3.63) is 109 Å². The average Bonchev–Trinajstić information content (AvgIpc) is 2.80. The third kappa shape index (κ3) is 3.72. The van der Waals surface area contributed by atoms with Crippen LogP contribution in [0.3, 0.4) is 0 Å². The molecule has 35 heavy (non-hydrogen) atoms. The second-order valence-electron chi connectivity index (χ2n) is 7.66. The number of nitrogens with one attached hydrogen (secondary N) is 2. The summed E-state index contributed by atoms with van der Waals surface area (Å²) in [5.41, 5.74) is -2.32. The molecule has 0 fully saturated rings. The largest absolute Gasteiger partial charge is 0.325 e. The minimum atomic E-state index is -1.01. The van der Waals surface area contributed by atoms with Crippen molar-refractivity contribution in [2.45, 2.75) is 6.92 Å². The molecule has 0 amide bonds. The molecule has 2 aromatic carbocycles. The van der Waals surface area contributed by atoms with Crippen molar-refractivity contribution in [2.75, 3.05) is 0 Å². The number of benzene rings is 2. The third-order valence-corrected chi connectivity index (χ3v) is 5.42. The normalized spacial score (nSPS) is 11.2. The molecule has 0 radical (unpaired) electrons. The Hall–Kier alpha value is -4.80. The van der Waals surface area contributed by atoms with E-state index < -0.39 is 39.9 Å². The molecule has 0 saturated carbocycles. The van der Waals surface area contributed by atoms with Crippen molar-refractivity contribution in [3.8, 4) is 28.3 Å². The van der Waals surface area contributed by atoms with Crippen LogP contribution in [0.25, 0.3) is 39.4 Å². The summed E-state index contributed by atoms with van der Waals surface area (Å²) in [7, 11) is 0. The van der Waals surface area contributed by atoms with Crippen molar-refractivity contribution in [2.24, 2.45) is 0 Å². The van der Waals surface area contributed by atoms with E-state index in [9.17, 15) is 27.6 Å². The molecule has 8 nitrogen and oxygen atoms in total. The average molecular weight is 477 g/mol. The molecule has 0 saturated heterocycles. The van der Waals surface area contributed by atoms with Crippen LogP contribution in [0.15, 0.2) is 69.1 Å². The van der Waals surface area contributed by atoms with Gasteiger partial charge in [-0.05, 0) is 48.9 Å². The first-order chi connectivity index (χ1) is 16.7. The summed E-state index contributed by atoms with van der Waals surface area (Å²) in [6.07, 6.45) is 1.08. The summed E-state index contributed by atoms with van der Waals surface area (Å²) in [4.78, 5) is 49.9. The van der Waals surface area contributed by atoms with Gasteiger partial charge in [0.25, 0.3) is 11.1 Å². The number of aromatic amines is 2. The summed E-state index contributed by atoms with van der Waals surface area (Å²) in [6, 6.07) is 9.53. The van der Waals surface area contributed by atoms with Gasteiger partial charge in [0, 0.05) is 23.2 Å². The second kappa shape index (κ2) is 8.20. The number of para-hydroxylation sites is 1. The number of H-pyrrole nitrogens is 2. The Bertz CT molecular complexity index is 1800. The molecule has 3 heterocycles. The van der Waals surface area contributed by atoms with Gasteiger partial charge in [-0.15, -0.1) is 0 Å². The first-order valence-corrected chi connectivity index (χ1v) is 10.2. The highest BCUT2D eigenvalue weighted by Gasteiger charge is 2.21. The van der Waals surface area contributed by atoms with E-state index >= 15 is 0 Å². The molecule has 0 aliphatic rings. The molecule has 0 aliphatic carbocycles. The Labute approximate surface area is 193 Å². The quantitative estimate of drug-likeness (QED) is 0.414. The van der Waals surface area contributed by atoms with Crippen LogP contribution in [-0.4, -0.2) is 24.5 Å². The molecule has 5 rings (SSSR count). The van der Waals surface area contributed by atoms with Gasteiger partial charge in [-0.3, -0.25) is 19.1 Å². The number of rotatable bonds is 3. The topological polar surface area (TPSA) is 114 Å². The molecule has 0 unspecified atom stereocenters. The van der Waals surface area contributed by atoms with E-state index in [1.165, 1.54) is 24.3 Å². The van der Waals surface area contributed by atoms with Crippen LogP contribution in [0.2, 0.25) is 0 Å². The summed E-state index contributed by atoms with van der Waals surface area (Å²) < 4.78 is 44.0. The summed E-state index contributed by atoms with van der Waals surface area (Å²) >= 11 is 0. The standard InChI is InChI=1S/C24H14F3N5O3/c1-11-9-12(25)5-6-13(11)19-14-7-8-18(33)32(20-16(26)3-2-4-17(20)27)22(14)30-21(29-19)15-10-28-24(35)31-23(15)34/h2-10H,1H3,(H2,28,31,34,35). The number of aromatic nitrogens is 5. The van der Waals surface area contributed by atoms with E-state index in [4.69, 9.17) is 0 Å². The number of fused-ring (bicyclic) bond motifs is 1. The maximum Gasteiger partial charge on any atom is 0.325 e. The van der Waals surface area contributed by atoms with Gasteiger partial charge < -0.3 is 4.98 Å². The van der Waals surface area contributed by atoms with Crippen LogP contribution in [0, 0.1) is 24.4 Å². The van der Waals surface area contributed by atoms with Crippen LogP contribution in [0.4, 0.5) is 13.2 Å². The number of pyridine rings is 1. The Balaban J connectivity index is 1.98. The lowest BCUT2D eigenvalue weighted by Crippen LogP contribution is -2.24. The number of halogens is 3. The molecule has 5 aromatic rings. The van der Waals surface area contributed by atoms with Crippen LogP contribution < -0.4 is 16.8 Å². The molecule has 2 N–H and O–H groups in total. The highest BCUT2D eigenvalue weighted by Crippen LogP contribution is 2.31. The monoisotopic (exact) mass is 477 g/mol. The van der Waals surface area contributed by atoms with E-state index in [0.717, 1.165) is 35.0 Å². The summed E-state index contributed by atoms with van der Waals surface area (Å²) in [5, 5.41) is 0.214. The SMILES string of the molecule is Cc1cc(F)ccc1-c1nc(-c2c[nH]c(=O)[nH]c2=O)nc2c1ccc(=O)n2-c1c(F)cccc1F. The van der Waals surface area contributed by atoms with E-state index in [1.54, 1.807) is 6.92 Å². The van der Waals surface area contributed by atoms with Crippen molar-refractivity contribution >= 4 is 11.0 Å². The van der Waals surface area contributed by atoms with Crippen molar-refractivity contribution in [3.63, 3.8) is 0 Å². The number of hydrogen-bond donors (Lipinski definition) is 2. The van der Waals surface area contributed by atoms with Gasteiger partial charge in [0.2, 0.25) is 0 Å². The lowest BCUT2D eigenvalue weighted by molar-refractivity contribution is 0.568. The molecular weight excluding hydrogens is 463 g/mol. The van der Waals surface area contributed by atoms with Crippen molar-refractivity contribution in [1.29, 1.82) is 0 Å². The predicted molar refractivity (Wildman–Crippen MR) is 122 cm³/mol. The fraction of sp³-hybridized carbons (Fsp3) is 0.0417. The van der Waals surface area contributed by atoms with Gasteiger partial charge in [-0.25, -0.2) is 27.9 Å². The second-order valence-corrected chi connectivity index (χ2v) is 7.66. The zero-order chi connectivity index (χ0) is 24.9. The fourth-order valence-corrected chi connectivity index (χ4v) is 3.83. The Morgan fingerprint density at radius 3 is 2.31 bits per heavy atom. The van der Waals surface area contributed by atoms with Crippen LogP contribution in [0.1, 0.15) is 5.56 Å². The number of aryl methyl sites for hydroxylation is 1. The highest BCUT2D eigenvalue weighted by molar-refractivity contribution is 5.93. The Morgan fingerprint density at radius 1 is 0.886 bits per heavy atom. The van der Waals surface area contributed by atoms with Gasteiger partial charge in [-0.1, -0.05) is 6.07 Å². The number of hydrogen-bond acceptors (Lipinski definition) is 5. The molecule has 0 aliphatic heterocycles. The summed E-state index contributed by atoms with van der Waals surface area (Å²) in [6.45, 7) is 1.63. The van der Waals surface area contributed by atoms with Gasteiger partial charge in [0.1, 0.15) is 28.7 Å². The number of nitrogens with zero attached hydrogens (tertiary/aromatic N) is 3. The van der Waals surface area contributed by atoms with Crippen molar-refractivity contribution in [1.82, 2.24) is 24.5 Å². The van der Waals surface area contributed by atoms with Crippen molar-refractivity contribution < 1.29 is 13.2 Å². The molecule has 0 spiro atoms. The zero-order valence-electron chi connectivity index (χ0n) is 17.9. The van der Waals surface area contributed by atoms with Gasteiger partial charge in [-0.2, -0.15) is 0 Å². The lowest BCUT2D eigenvalue weighted by Gasteiger charge is -2.15. The minimum Gasteiger partial charge on any atom is -0.313 e. The maximum absolute atomic E-state index is 14.7. The molecule has 0 atom stereocenters. The molecule has 174 valence electrons. The van der Waals surface area contributed by atoms with Crippen LogP contribution in [-0.2, 0) is 0 Å². The molecule has 3 aromatic heterocycles.